The highest BCUT2D eigenvalue weighted by atomic mass is 16.7. The predicted molar refractivity (Wildman–Crippen MR) is 137 cm³/mol. The lowest BCUT2D eigenvalue weighted by atomic mass is 9.90. The average molecular weight is 544 g/mol. The minimum Gasteiger partial charge on any atom is -0.481 e. The number of rotatable bonds is 17. The molecule has 1 atom stereocenters. The van der Waals surface area contributed by atoms with E-state index in [1.807, 2.05) is 0 Å². The van der Waals surface area contributed by atoms with Crippen molar-refractivity contribution < 1.29 is 43.2 Å². The smallest absolute Gasteiger partial charge is 0.303 e. The van der Waals surface area contributed by atoms with E-state index >= 15 is 0 Å². The number of carboxylic acid groups (broad SMARTS) is 1. The fourth-order valence-electron chi connectivity index (χ4n) is 4.16. The van der Waals surface area contributed by atoms with Gasteiger partial charge in [-0.2, -0.15) is 0 Å². The van der Waals surface area contributed by atoms with Crippen LogP contribution in [0.4, 0.5) is 0 Å². The van der Waals surface area contributed by atoms with Crippen LogP contribution < -0.4 is 16.4 Å². The number of hydrogen-bond acceptors (Lipinski definition) is 9. The molecule has 2 aliphatic heterocycles. The lowest BCUT2D eigenvalue weighted by molar-refractivity contribution is -0.304. The molecule has 12 nitrogen and oxygen atoms in total. The minimum atomic E-state index is -0.983. The van der Waals surface area contributed by atoms with Gasteiger partial charge in [-0.15, -0.1) is 0 Å². The third kappa shape index (κ3) is 11.7. The van der Waals surface area contributed by atoms with Crippen molar-refractivity contribution in [1.82, 2.24) is 10.6 Å². The van der Waals surface area contributed by atoms with Crippen molar-refractivity contribution in [1.29, 1.82) is 0 Å². The van der Waals surface area contributed by atoms with E-state index < -0.39 is 17.9 Å². The van der Waals surface area contributed by atoms with Crippen molar-refractivity contribution in [2.24, 2.45) is 17.1 Å². The molecule has 0 saturated carbocycles. The molecule has 5 N–H and O–H groups in total. The topological polar surface area (TPSA) is 176 Å². The molecule has 0 radical (unpaired) electrons. The third-order valence-electron chi connectivity index (χ3n) is 6.63. The molecule has 0 aliphatic carbocycles. The van der Waals surface area contributed by atoms with E-state index in [1.54, 1.807) is 13.8 Å². The summed E-state index contributed by atoms with van der Waals surface area (Å²) in [5.74, 6) is -1.93. The van der Waals surface area contributed by atoms with E-state index in [-0.39, 0.29) is 67.7 Å². The summed E-state index contributed by atoms with van der Waals surface area (Å²) < 4.78 is 23.4. The summed E-state index contributed by atoms with van der Waals surface area (Å²) >= 11 is 0. The van der Waals surface area contributed by atoms with Gasteiger partial charge in [0.2, 0.25) is 11.8 Å². The first kappa shape index (κ1) is 32.1. The highest BCUT2D eigenvalue weighted by Gasteiger charge is 2.41. The third-order valence-corrected chi connectivity index (χ3v) is 6.63. The molecule has 1 spiro atoms. The Bertz CT molecular complexity index is 759. The van der Waals surface area contributed by atoms with E-state index in [9.17, 15) is 19.2 Å². The van der Waals surface area contributed by atoms with Crippen LogP contribution >= 0.6 is 0 Å². The van der Waals surface area contributed by atoms with Crippen molar-refractivity contribution in [2.45, 2.75) is 90.3 Å². The van der Waals surface area contributed by atoms with Crippen molar-refractivity contribution in [3.63, 3.8) is 0 Å². The zero-order chi connectivity index (χ0) is 28.0. The zero-order valence-electron chi connectivity index (χ0n) is 22.7. The first-order valence-electron chi connectivity index (χ1n) is 13.6. The van der Waals surface area contributed by atoms with Crippen LogP contribution in [0.2, 0.25) is 0 Å². The molecule has 0 aromatic heterocycles. The fourth-order valence-corrected chi connectivity index (χ4v) is 4.16. The molecule has 12 heteroatoms. The summed E-state index contributed by atoms with van der Waals surface area (Å²) in [5.41, 5.74) is 5.22. The zero-order valence-corrected chi connectivity index (χ0v) is 22.7. The monoisotopic (exact) mass is 543 g/mol. The lowest BCUT2D eigenvalue weighted by Gasteiger charge is -2.43. The molecule has 2 fully saturated rings. The van der Waals surface area contributed by atoms with Gasteiger partial charge in [-0.25, -0.2) is 0 Å². The number of hydrogen-bond donors (Lipinski definition) is 4. The highest BCUT2D eigenvalue weighted by Crippen LogP contribution is 2.31. The van der Waals surface area contributed by atoms with Gasteiger partial charge in [0.05, 0.1) is 31.8 Å². The van der Waals surface area contributed by atoms with Crippen LogP contribution in [0.3, 0.4) is 0 Å². The van der Waals surface area contributed by atoms with Crippen LogP contribution in [0, 0.1) is 11.3 Å². The Morgan fingerprint density at radius 2 is 1.47 bits per heavy atom. The fraction of sp³-hybridized carbons (Fsp3) is 0.846. The van der Waals surface area contributed by atoms with E-state index in [0.29, 0.717) is 52.4 Å². The molecule has 2 saturated heterocycles. The average Bonchev–Trinajstić information content (AvgIpc) is 2.89. The molecule has 1 unspecified atom stereocenters. The van der Waals surface area contributed by atoms with Crippen LogP contribution in [0.25, 0.3) is 0 Å². The number of nitrogens with one attached hydrogen (secondary N) is 2. The van der Waals surface area contributed by atoms with Gasteiger partial charge < -0.3 is 40.4 Å². The van der Waals surface area contributed by atoms with Crippen molar-refractivity contribution in [3.8, 4) is 0 Å². The van der Waals surface area contributed by atoms with Crippen LogP contribution in [0.1, 0.15) is 71.6 Å². The van der Waals surface area contributed by atoms with Gasteiger partial charge in [-0.3, -0.25) is 19.2 Å². The summed E-state index contributed by atoms with van der Waals surface area (Å²) in [6.45, 7) is 6.47. The number of carbonyl (C=O) groups excluding carboxylic acids is 3. The second kappa shape index (κ2) is 16.8. The highest BCUT2D eigenvalue weighted by molar-refractivity contribution is 5.88. The molecule has 218 valence electrons. The molecule has 2 amide bonds. The summed E-state index contributed by atoms with van der Waals surface area (Å²) in [6.07, 6.45) is 2.57. The van der Waals surface area contributed by atoms with Crippen molar-refractivity contribution in [3.05, 3.63) is 0 Å². The summed E-state index contributed by atoms with van der Waals surface area (Å²) in [7, 11) is 0. The molecule has 2 rings (SSSR count). The minimum absolute atomic E-state index is 0.00348. The molecule has 0 aromatic rings. The predicted octanol–water partition coefficient (Wildman–Crippen LogP) is 1.10. The molecular weight excluding hydrogens is 498 g/mol. The SMILES string of the molecule is CC(C)C(=O)CCC(NC(=O)CCCC(=O)O)C(=O)NCCCC1OCC2(COC(CCCN)OC2)CO1. The van der Waals surface area contributed by atoms with Gasteiger partial charge in [0.1, 0.15) is 11.8 Å². The molecule has 2 heterocycles. The Balaban J connectivity index is 1.70. The van der Waals surface area contributed by atoms with Gasteiger partial charge >= 0.3 is 5.97 Å². The van der Waals surface area contributed by atoms with Crippen molar-refractivity contribution in [2.75, 3.05) is 39.5 Å². The number of nitrogens with two attached hydrogens (primary N) is 1. The van der Waals surface area contributed by atoms with Gasteiger partial charge in [0.25, 0.3) is 0 Å². The Morgan fingerprint density at radius 3 is 2.00 bits per heavy atom. The molecule has 38 heavy (non-hydrogen) atoms. The van der Waals surface area contributed by atoms with E-state index in [2.05, 4.69) is 10.6 Å². The quantitative estimate of drug-likeness (QED) is 0.194. The maximum absolute atomic E-state index is 12.8. The number of amides is 2. The molecule has 2 aliphatic rings. The largest absolute Gasteiger partial charge is 0.481 e. The number of carbonyl (C=O) groups is 4. The number of Topliss-reactive ketones (excluding diaryl/α,β-unsaturated/α-hetero) is 1. The number of carboxylic acids is 1. The Morgan fingerprint density at radius 1 is 0.895 bits per heavy atom. The van der Waals surface area contributed by atoms with Gasteiger partial charge in [-0.05, 0) is 38.6 Å². The molecule has 0 bridgehead atoms. The Kier molecular flexibility index (Phi) is 14.2. The van der Waals surface area contributed by atoms with E-state index in [0.717, 1.165) is 12.8 Å². The normalized spacial score (nSPS) is 24.2. The van der Waals surface area contributed by atoms with Crippen molar-refractivity contribution >= 4 is 23.6 Å². The second-order valence-electron chi connectivity index (χ2n) is 10.5. The summed E-state index contributed by atoms with van der Waals surface area (Å²) in [4.78, 5) is 47.7. The molecule has 0 aromatic carbocycles. The van der Waals surface area contributed by atoms with Crippen LogP contribution in [0.5, 0.6) is 0 Å². The number of ether oxygens (including phenoxy) is 4. The van der Waals surface area contributed by atoms with E-state index in [1.165, 1.54) is 0 Å². The van der Waals surface area contributed by atoms with E-state index in [4.69, 9.17) is 29.8 Å². The Hall–Kier alpha value is -2.12. The maximum Gasteiger partial charge on any atom is 0.303 e. The van der Waals surface area contributed by atoms with Gasteiger partial charge in [-0.1, -0.05) is 13.8 Å². The second-order valence-corrected chi connectivity index (χ2v) is 10.5. The summed E-state index contributed by atoms with van der Waals surface area (Å²) in [6, 6.07) is -0.864. The van der Waals surface area contributed by atoms with Crippen LogP contribution in [-0.4, -0.2) is 86.8 Å². The maximum atomic E-state index is 12.8. The summed E-state index contributed by atoms with van der Waals surface area (Å²) in [5, 5.41) is 14.2. The first-order chi connectivity index (χ1) is 18.1. The first-order valence-corrected chi connectivity index (χ1v) is 13.6. The van der Waals surface area contributed by atoms with Gasteiger partial charge in [0, 0.05) is 38.1 Å². The van der Waals surface area contributed by atoms with Gasteiger partial charge in [0.15, 0.2) is 12.6 Å². The van der Waals surface area contributed by atoms with Crippen LogP contribution in [-0.2, 0) is 38.1 Å². The number of ketones is 1. The molecular formula is C26H45N3O9. The van der Waals surface area contributed by atoms with Crippen LogP contribution in [0.15, 0.2) is 0 Å². The Labute approximate surface area is 224 Å². The number of aliphatic carboxylic acids is 1. The lowest BCUT2D eigenvalue weighted by Crippen LogP contribution is -2.52. The standard InChI is InChI=1S/C26H45N3O9/c1-18(2)20(30)11-10-19(29-21(31)6-3-7-22(32)33)25(34)28-13-5-9-24-37-16-26(17-38-24)14-35-23(36-15-26)8-4-12-27/h18-19,23-24H,3-17,27H2,1-2H3,(H,28,34)(H,29,31)(H,32,33).